The average molecular weight is 458 g/mol. The number of hydrogen-bond donors (Lipinski definition) is 1. The predicted octanol–water partition coefficient (Wildman–Crippen LogP) is 5.86. The summed E-state index contributed by atoms with van der Waals surface area (Å²) in [6.45, 7) is 6.02. The third kappa shape index (κ3) is 6.96. The van der Waals surface area contributed by atoms with Gasteiger partial charge in [0, 0.05) is 11.3 Å². The second kappa shape index (κ2) is 9.69. The molecule has 0 fully saturated rings. The zero-order valence-electron chi connectivity index (χ0n) is 17.3. The summed E-state index contributed by atoms with van der Waals surface area (Å²) in [4.78, 5) is 12.0. The lowest BCUT2D eigenvalue weighted by Crippen LogP contribution is -2.27. The summed E-state index contributed by atoms with van der Waals surface area (Å²) in [5, 5.41) is 2.17. The van der Waals surface area contributed by atoms with E-state index in [9.17, 15) is 26.9 Å². The van der Waals surface area contributed by atoms with Crippen LogP contribution in [0.5, 0.6) is 0 Å². The smallest absolute Gasteiger partial charge is 0.419 e. The molecule has 2 aromatic rings. The number of alkyl halides is 3. The highest BCUT2D eigenvalue weighted by Crippen LogP contribution is 2.35. The predicted molar refractivity (Wildman–Crippen MR) is 112 cm³/mol. The molecule has 2 rings (SSSR count). The van der Waals surface area contributed by atoms with Gasteiger partial charge in [-0.1, -0.05) is 34.7 Å². The van der Waals surface area contributed by atoms with Crippen molar-refractivity contribution in [2.45, 2.75) is 45.2 Å². The summed E-state index contributed by atoms with van der Waals surface area (Å²) < 4.78 is 74.9. The van der Waals surface area contributed by atoms with E-state index in [0.717, 1.165) is 6.07 Å². The number of nitrogens with one attached hydrogen (secondary N) is 1. The summed E-state index contributed by atoms with van der Waals surface area (Å²) in [6, 6.07) is 10.1. The fourth-order valence-corrected chi connectivity index (χ4v) is 2.97. The molecule has 1 N–H and O–H groups in total. The van der Waals surface area contributed by atoms with Crippen molar-refractivity contribution in [2.75, 3.05) is 5.32 Å². The fraction of sp³-hybridized carbons (Fsp3) is 0.333. The van der Waals surface area contributed by atoms with Gasteiger partial charge >= 0.3 is 12.3 Å². The molecule has 0 bridgehead atoms. The molecule has 1 atom stereocenters. The molecule has 1 amide bonds. The minimum Gasteiger partial charge on any atom is -0.591 e. The Kier molecular flexibility index (Phi) is 7.72. The second-order valence-corrected chi connectivity index (χ2v) is 9.51. The molecule has 0 aliphatic heterocycles. The zero-order chi connectivity index (χ0) is 23.4. The van der Waals surface area contributed by atoms with Gasteiger partial charge in [0.05, 0.1) is 11.3 Å². The molecule has 0 aliphatic rings. The van der Waals surface area contributed by atoms with Crippen molar-refractivity contribution < 1.29 is 31.6 Å². The number of ether oxygens (including phenoxy) is 1. The Labute approximate surface area is 180 Å². The highest BCUT2D eigenvalue weighted by atomic mass is 32.2. The van der Waals surface area contributed by atoms with E-state index < -0.39 is 45.3 Å². The molecule has 0 saturated heterocycles. The lowest BCUT2D eigenvalue weighted by molar-refractivity contribution is -0.139. The first-order valence-electron chi connectivity index (χ1n) is 9.15. The Bertz CT molecular complexity index is 958. The summed E-state index contributed by atoms with van der Waals surface area (Å²) in [5.41, 5.74) is -1.96. The Morgan fingerprint density at radius 2 is 1.77 bits per heavy atom. The van der Waals surface area contributed by atoms with Crippen molar-refractivity contribution in [1.29, 1.82) is 0 Å². The number of hydrogen-bond acceptors (Lipinski definition) is 4. The molecule has 0 saturated carbocycles. The molecule has 0 heterocycles. The largest absolute Gasteiger partial charge is 0.591 e. The van der Waals surface area contributed by atoms with Crippen LogP contribution in [0.3, 0.4) is 0 Å². The van der Waals surface area contributed by atoms with Crippen LogP contribution in [0.15, 0.2) is 46.9 Å². The van der Waals surface area contributed by atoms with Crippen molar-refractivity contribution in [3.05, 3.63) is 65.0 Å². The lowest BCUT2D eigenvalue weighted by atomic mass is 10.0. The van der Waals surface area contributed by atoms with Gasteiger partial charge in [-0.3, -0.25) is 5.32 Å². The summed E-state index contributed by atoms with van der Waals surface area (Å²) in [5.74, 6) is -1.57. The Morgan fingerprint density at radius 3 is 2.32 bits per heavy atom. The normalized spacial score (nSPS) is 13.6. The molecular weight excluding hydrogens is 436 g/mol. The van der Waals surface area contributed by atoms with E-state index in [0.29, 0.717) is 11.6 Å². The van der Waals surface area contributed by atoms with E-state index >= 15 is 0 Å². The minimum atomic E-state index is -5.02. The van der Waals surface area contributed by atoms with Crippen LogP contribution in [-0.2, 0) is 28.9 Å². The maximum absolute atomic E-state index is 14.6. The molecule has 5 nitrogen and oxygen atoms in total. The molecule has 2 aromatic carbocycles. The first-order chi connectivity index (χ1) is 14.3. The van der Waals surface area contributed by atoms with Gasteiger partial charge < -0.3 is 9.29 Å². The molecule has 168 valence electrons. The summed E-state index contributed by atoms with van der Waals surface area (Å²) in [7, 11) is 0. The molecule has 0 aromatic heterocycles. The van der Waals surface area contributed by atoms with E-state index in [1.807, 2.05) is 0 Å². The second-order valence-electron chi connectivity index (χ2n) is 7.61. The van der Waals surface area contributed by atoms with Crippen LogP contribution in [0, 0.1) is 5.82 Å². The molecule has 0 radical (unpaired) electrons. The van der Waals surface area contributed by atoms with Gasteiger partial charge in [-0.05, 0) is 45.4 Å². The molecule has 31 heavy (non-hydrogen) atoms. The maximum Gasteiger partial charge on any atom is 0.419 e. The highest BCUT2D eigenvalue weighted by molar-refractivity contribution is 7.91. The third-order valence-corrected chi connectivity index (χ3v) is 5.46. The number of anilines is 1. The van der Waals surface area contributed by atoms with Gasteiger partial charge in [0.15, 0.2) is 0 Å². The number of carbonyl (C=O) groups excluding carboxylic acids is 1. The Balaban J connectivity index is 2.34. The van der Waals surface area contributed by atoms with E-state index in [4.69, 9.17) is 4.74 Å². The summed E-state index contributed by atoms with van der Waals surface area (Å²) >= 11 is -1.82. The monoisotopic (exact) mass is 458 g/mol. The molecular formula is C21H22F4N2O3S. The quantitative estimate of drug-likeness (QED) is 0.346. The Hall–Kier alpha value is -2.59. The van der Waals surface area contributed by atoms with Crippen LogP contribution < -0.4 is 5.32 Å². The molecule has 10 heteroatoms. The first-order valence-corrected chi connectivity index (χ1v) is 10.3. The van der Waals surface area contributed by atoms with Crippen LogP contribution in [0.4, 0.5) is 28.0 Å². The molecule has 1 unspecified atom stereocenters. The van der Waals surface area contributed by atoms with E-state index in [1.54, 1.807) is 51.1 Å². The number of carbonyl (C=O) groups is 1. The minimum absolute atomic E-state index is 0.0993. The van der Waals surface area contributed by atoms with E-state index in [1.165, 1.54) is 6.92 Å². The van der Waals surface area contributed by atoms with Crippen molar-refractivity contribution in [3.8, 4) is 0 Å². The van der Waals surface area contributed by atoms with Gasteiger partial charge in [-0.15, -0.1) is 0 Å². The van der Waals surface area contributed by atoms with E-state index in [-0.39, 0.29) is 18.0 Å². The van der Waals surface area contributed by atoms with Crippen molar-refractivity contribution in [2.24, 2.45) is 4.40 Å². The third-order valence-electron chi connectivity index (χ3n) is 3.97. The van der Waals surface area contributed by atoms with Crippen molar-refractivity contribution in [1.82, 2.24) is 0 Å². The van der Waals surface area contributed by atoms with Gasteiger partial charge in [-0.25, -0.2) is 9.18 Å². The molecule has 0 spiro atoms. The van der Waals surface area contributed by atoms with Gasteiger partial charge in [0.2, 0.25) is 0 Å². The fourth-order valence-electron chi connectivity index (χ4n) is 2.35. The lowest BCUT2D eigenvalue weighted by Gasteiger charge is -2.19. The SMILES string of the molecule is CC(=N[S+]([O-])C(C)(C)C)c1cc(NC(=O)OCc2ccccc2)cc(C(F)(F)F)c1F. The van der Waals surface area contributed by atoms with Crippen LogP contribution in [-0.4, -0.2) is 21.1 Å². The molecule has 0 aliphatic carbocycles. The van der Waals surface area contributed by atoms with Gasteiger partial charge in [-0.2, -0.15) is 13.2 Å². The van der Waals surface area contributed by atoms with Crippen LogP contribution in [0.1, 0.15) is 44.4 Å². The van der Waals surface area contributed by atoms with E-state index in [2.05, 4.69) is 9.71 Å². The number of halogens is 4. The standard InChI is InChI=1S/C21H22F4N2O3S/c1-13(27-31(29)20(2,3)4)16-10-15(11-17(18(16)22)21(23,24)25)26-19(28)30-12-14-8-6-5-7-9-14/h5-11H,12H2,1-4H3,(H,26,28). The number of nitrogens with zero attached hydrogens (tertiary/aromatic N) is 1. The average Bonchev–Trinajstić information content (AvgIpc) is 2.66. The van der Waals surface area contributed by atoms with Gasteiger partial charge in [0.1, 0.15) is 28.5 Å². The van der Waals surface area contributed by atoms with Crippen molar-refractivity contribution >= 4 is 28.9 Å². The Morgan fingerprint density at radius 1 is 1.16 bits per heavy atom. The topological polar surface area (TPSA) is 73.8 Å². The van der Waals surface area contributed by atoms with Crippen LogP contribution >= 0.6 is 0 Å². The van der Waals surface area contributed by atoms with Gasteiger partial charge in [0.25, 0.3) is 0 Å². The highest BCUT2D eigenvalue weighted by Gasteiger charge is 2.37. The summed E-state index contributed by atoms with van der Waals surface area (Å²) in [6.07, 6.45) is -6.03. The number of rotatable bonds is 5. The van der Waals surface area contributed by atoms with Crippen LogP contribution in [0.2, 0.25) is 0 Å². The maximum atomic E-state index is 14.6. The first kappa shape index (κ1) is 24.7. The number of benzene rings is 2. The number of amides is 1. The van der Waals surface area contributed by atoms with Crippen LogP contribution in [0.25, 0.3) is 0 Å². The zero-order valence-corrected chi connectivity index (χ0v) is 18.2. The van der Waals surface area contributed by atoms with Crippen molar-refractivity contribution in [3.63, 3.8) is 0 Å².